The van der Waals surface area contributed by atoms with Gasteiger partial charge in [0, 0.05) is 12.7 Å². The summed E-state index contributed by atoms with van der Waals surface area (Å²) in [5.74, 6) is -2.09. The van der Waals surface area contributed by atoms with Crippen molar-refractivity contribution >= 4 is 17.6 Å². The number of carboxylic acids is 1. The molecule has 0 radical (unpaired) electrons. The number of rotatable bonds is 3. The number of carbonyl (C=O) groups excluding carboxylic acids is 1. The lowest BCUT2D eigenvalue weighted by atomic mass is 9.94. The van der Waals surface area contributed by atoms with E-state index in [1.165, 1.54) is 4.90 Å². The van der Waals surface area contributed by atoms with Gasteiger partial charge in [0.1, 0.15) is 0 Å². The maximum atomic E-state index is 12.4. The van der Waals surface area contributed by atoms with Crippen molar-refractivity contribution in [2.45, 2.75) is 19.3 Å². The van der Waals surface area contributed by atoms with E-state index >= 15 is 0 Å². The Hall–Kier alpha value is -2.35. The number of carbonyl (C=O) groups is 2. The van der Waals surface area contributed by atoms with Crippen molar-refractivity contribution in [2.24, 2.45) is 11.8 Å². The maximum absolute atomic E-state index is 12.4. The van der Waals surface area contributed by atoms with E-state index in [0.717, 1.165) is 6.42 Å². The third kappa shape index (κ3) is 2.64. The van der Waals surface area contributed by atoms with Gasteiger partial charge in [-0.2, -0.15) is 5.26 Å². The van der Waals surface area contributed by atoms with Gasteiger partial charge in [-0.25, -0.2) is 0 Å². The molecule has 20 heavy (non-hydrogen) atoms. The highest BCUT2D eigenvalue weighted by molar-refractivity contribution is 5.97. The van der Waals surface area contributed by atoms with Crippen molar-refractivity contribution in [3.8, 4) is 6.07 Å². The second kappa shape index (κ2) is 5.74. The van der Waals surface area contributed by atoms with Crippen LogP contribution < -0.4 is 4.90 Å². The summed E-state index contributed by atoms with van der Waals surface area (Å²) in [7, 11) is 1.64. The molecule has 1 aliphatic rings. The van der Waals surface area contributed by atoms with Gasteiger partial charge >= 0.3 is 5.97 Å². The number of hydrogen-bond acceptors (Lipinski definition) is 3. The fourth-order valence-corrected chi connectivity index (χ4v) is 2.69. The Bertz CT molecular complexity index is 559. The van der Waals surface area contributed by atoms with Gasteiger partial charge in [-0.05, 0) is 37.1 Å². The molecule has 1 N–H and O–H groups in total. The van der Waals surface area contributed by atoms with E-state index in [-0.39, 0.29) is 5.91 Å². The molecule has 1 aromatic rings. The fourth-order valence-electron chi connectivity index (χ4n) is 2.69. The van der Waals surface area contributed by atoms with Crippen LogP contribution in [0.15, 0.2) is 24.3 Å². The number of nitriles is 1. The molecule has 104 valence electrons. The Balaban J connectivity index is 2.15. The van der Waals surface area contributed by atoms with Crippen molar-refractivity contribution < 1.29 is 14.7 Å². The van der Waals surface area contributed by atoms with Gasteiger partial charge in [0.15, 0.2) is 0 Å². The summed E-state index contributed by atoms with van der Waals surface area (Å²) in [4.78, 5) is 25.0. The van der Waals surface area contributed by atoms with Crippen LogP contribution in [0.5, 0.6) is 0 Å². The highest BCUT2D eigenvalue weighted by Gasteiger charge is 2.39. The third-order valence-corrected chi connectivity index (χ3v) is 3.86. The largest absolute Gasteiger partial charge is 0.481 e. The van der Waals surface area contributed by atoms with E-state index in [2.05, 4.69) is 0 Å². The minimum absolute atomic E-state index is 0.167. The normalized spacial score (nSPS) is 21.2. The average Bonchev–Trinajstić information content (AvgIpc) is 2.95. The molecule has 1 aliphatic carbocycles. The van der Waals surface area contributed by atoms with Crippen molar-refractivity contribution in [3.63, 3.8) is 0 Å². The van der Waals surface area contributed by atoms with Crippen molar-refractivity contribution in [1.82, 2.24) is 0 Å². The zero-order chi connectivity index (χ0) is 14.7. The Morgan fingerprint density at radius 3 is 2.40 bits per heavy atom. The first-order valence-corrected chi connectivity index (χ1v) is 6.55. The topological polar surface area (TPSA) is 81.4 Å². The zero-order valence-electron chi connectivity index (χ0n) is 11.2. The highest BCUT2D eigenvalue weighted by Crippen LogP contribution is 2.34. The maximum Gasteiger partial charge on any atom is 0.307 e. The van der Waals surface area contributed by atoms with Gasteiger partial charge in [-0.15, -0.1) is 0 Å². The number of aliphatic carboxylic acids is 1. The predicted molar refractivity (Wildman–Crippen MR) is 73.0 cm³/mol. The second-order valence-corrected chi connectivity index (χ2v) is 5.04. The SMILES string of the molecule is CN(C(=O)C1CCCC1C(=O)O)c1ccc(C#N)cc1. The van der Waals surface area contributed by atoms with E-state index < -0.39 is 17.8 Å². The van der Waals surface area contributed by atoms with Gasteiger partial charge < -0.3 is 10.0 Å². The Morgan fingerprint density at radius 2 is 1.85 bits per heavy atom. The van der Waals surface area contributed by atoms with Crippen LogP contribution in [-0.4, -0.2) is 24.0 Å². The molecule has 2 unspecified atom stereocenters. The minimum atomic E-state index is -0.894. The standard InChI is InChI=1S/C15H16N2O3/c1-17(11-7-5-10(9-16)6-8-11)14(18)12-3-2-4-13(12)15(19)20/h5-8,12-13H,2-4H2,1H3,(H,19,20). The highest BCUT2D eigenvalue weighted by atomic mass is 16.4. The van der Waals surface area contributed by atoms with Gasteiger partial charge in [0.05, 0.1) is 23.5 Å². The van der Waals surface area contributed by atoms with E-state index in [1.807, 2.05) is 6.07 Å². The summed E-state index contributed by atoms with van der Waals surface area (Å²) in [6.45, 7) is 0. The van der Waals surface area contributed by atoms with Crippen LogP contribution in [0.3, 0.4) is 0 Å². The molecule has 2 atom stereocenters. The van der Waals surface area contributed by atoms with E-state index in [1.54, 1.807) is 31.3 Å². The minimum Gasteiger partial charge on any atom is -0.481 e. The molecule has 5 heteroatoms. The van der Waals surface area contributed by atoms with E-state index in [0.29, 0.717) is 24.1 Å². The molecule has 0 aromatic heterocycles. The van der Waals surface area contributed by atoms with Crippen LogP contribution in [0.4, 0.5) is 5.69 Å². The lowest BCUT2D eigenvalue weighted by Crippen LogP contribution is -2.36. The monoisotopic (exact) mass is 272 g/mol. The van der Waals surface area contributed by atoms with Crippen LogP contribution >= 0.6 is 0 Å². The first kappa shape index (κ1) is 14.1. The molecule has 1 amide bonds. The zero-order valence-corrected chi connectivity index (χ0v) is 11.2. The third-order valence-electron chi connectivity index (χ3n) is 3.86. The summed E-state index contributed by atoms with van der Waals surface area (Å²) < 4.78 is 0. The molecule has 2 rings (SSSR count). The molecule has 0 heterocycles. The molecule has 1 saturated carbocycles. The van der Waals surface area contributed by atoms with Crippen LogP contribution in [-0.2, 0) is 9.59 Å². The van der Waals surface area contributed by atoms with Crippen LogP contribution in [0.25, 0.3) is 0 Å². The molecule has 1 fully saturated rings. The molecule has 0 spiro atoms. The second-order valence-electron chi connectivity index (χ2n) is 5.04. The fraction of sp³-hybridized carbons (Fsp3) is 0.400. The molecule has 0 bridgehead atoms. The lowest BCUT2D eigenvalue weighted by molar-refractivity contribution is -0.145. The van der Waals surface area contributed by atoms with Crippen molar-refractivity contribution in [1.29, 1.82) is 5.26 Å². The Morgan fingerprint density at radius 1 is 1.25 bits per heavy atom. The molecule has 1 aromatic carbocycles. The average molecular weight is 272 g/mol. The first-order chi connectivity index (χ1) is 9.54. The first-order valence-electron chi connectivity index (χ1n) is 6.55. The summed E-state index contributed by atoms with van der Waals surface area (Å²) >= 11 is 0. The van der Waals surface area contributed by atoms with Crippen LogP contribution in [0.2, 0.25) is 0 Å². The summed E-state index contributed by atoms with van der Waals surface area (Å²) in [5, 5.41) is 17.9. The lowest BCUT2D eigenvalue weighted by Gasteiger charge is -2.23. The molecular formula is C15H16N2O3. The van der Waals surface area contributed by atoms with Crippen molar-refractivity contribution in [2.75, 3.05) is 11.9 Å². The molecular weight excluding hydrogens is 256 g/mol. The number of carboxylic acid groups (broad SMARTS) is 1. The summed E-state index contributed by atoms with van der Waals surface area (Å²) in [6, 6.07) is 8.69. The van der Waals surface area contributed by atoms with Gasteiger partial charge in [-0.1, -0.05) is 6.42 Å². The van der Waals surface area contributed by atoms with Gasteiger partial charge in [0.2, 0.25) is 5.91 Å². The van der Waals surface area contributed by atoms with Crippen LogP contribution in [0, 0.1) is 23.2 Å². The Kier molecular flexibility index (Phi) is 4.04. The number of anilines is 1. The van der Waals surface area contributed by atoms with E-state index in [4.69, 9.17) is 10.4 Å². The summed E-state index contributed by atoms with van der Waals surface area (Å²) in [5.41, 5.74) is 1.20. The Labute approximate surface area is 117 Å². The quantitative estimate of drug-likeness (QED) is 0.912. The number of hydrogen-bond donors (Lipinski definition) is 1. The van der Waals surface area contributed by atoms with Gasteiger partial charge in [0.25, 0.3) is 0 Å². The molecule has 0 aliphatic heterocycles. The predicted octanol–water partition coefficient (Wildman–Crippen LogP) is 2.02. The number of nitrogens with zero attached hydrogens (tertiary/aromatic N) is 2. The van der Waals surface area contributed by atoms with Crippen LogP contribution in [0.1, 0.15) is 24.8 Å². The molecule has 0 saturated heterocycles. The smallest absolute Gasteiger partial charge is 0.307 e. The summed E-state index contributed by atoms with van der Waals surface area (Å²) in [6.07, 6.45) is 1.96. The van der Waals surface area contributed by atoms with E-state index in [9.17, 15) is 9.59 Å². The van der Waals surface area contributed by atoms with Gasteiger partial charge in [-0.3, -0.25) is 9.59 Å². The molecule has 5 nitrogen and oxygen atoms in total. The van der Waals surface area contributed by atoms with Crippen molar-refractivity contribution in [3.05, 3.63) is 29.8 Å². The number of amides is 1. The number of benzene rings is 1.